The number of rotatable bonds is 1. The van der Waals surface area contributed by atoms with Crippen LogP contribution < -0.4 is 5.32 Å². The lowest BCUT2D eigenvalue weighted by molar-refractivity contribution is -0.135. The van der Waals surface area contributed by atoms with Gasteiger partial charge in [-0.2, -0.15) is 0 Å². The number of fused-ring (bicyclic) bond motifs is 1. The minimum Gasteiger partial charge on any atom is -0.338 e. The van der Waals surface area contributed by atoms with Gasteiger partial charge >= 0.3 is 0 Å². The molecule has 5 heteroatoms. The van der Waals surface area contributed by atoms with E-state index in [0.717, 1.165) is 35.9 Å². The summed E-state index contributed by atoms with van der Waals surface area (Å²) < 4.78 is 0. The van der Waals surface area contributed by atoms with Crippen molar-refractivity contribution in [1.29, 1.82) is 0 Å². The topological polar surface area (TPSA) is 32.3 Å². The van der Waals surface area contributed by atoms with Crippen LogP contribution in [0.2, 0.25) is 0 Å². The first-order valence-corrected chi connectivity index (χ1v) is 8.56. The summed E-state index contributed by atoms with van der Waals surface area (Å²) in [5.41, 5.74) is 0. The maximum absolute atomic E-state index is 12.7. The number of nitrogens with zero attached hydrogens (tertiary/aromatic N) is 1. The molecule has 5 rings (SSSR count). The Labute approximate surface area is 125 Å². The van der Waals surface area contributed by atoms with E-state index in [9.17, 15) is 4.79 Å². The summed E-state index contributed by atoms with van der Waals surface area (Å²) in [7, 11) is 0. The lowest BCUT2D eigenvalue weighted by Crippen LogP contribution is -2.50. The summed E-state index contributed by atoms with van der Waals surface area (Å²) in [6.07, 6.45) is 6.82. The Morgan fingerprint density at radius 1 is 1.05 bits per heavy atom. The molecule has 2 saturated carbocycles. The summed E-state index contributed by atoms with van der Waals surface area (Å²) in [4.78, 5) is 14.9. The van der Waals surface area contributed by atoms with Crippen LogP contribution in [0.15, 0.2) is 0 Å². The summed E-state index contributed by atoms with van der Waals surface area (Å²) in [6.45, 7) is 1.05. The molecule has 3 atom stereocenters. The zero-order valence-corrected chi connectivity index (χ0v) is 12.8. The first-order valence-electron chi connectivity index (χ1n) is 7.41. The molecule has 3 aliphatic heterocycles. The van der Waals surface area contributed by atoms with E-state index < -0.39 is 0 Å². The Hall–Kier alpha value is 0.0700. The molecule has 3 heterocycles. The van der Waals surface area contributed by atoms with E-state index in [1.165, 1.54) is 32.1 Å². The van der Waals surface area contributed by atoms with Gasteiger partial charge in [0.25, 0.3) is 0 Å². The quantitative estimate of drug-likeness (QED) is 0.805. The fourth-order valence-electron chi connectivity index (χ4n) is 4.81. The largest absolute Gasteiger partial charge is 0.338 e. The molecule has 3 nitrogen and oxygen atoms in total. The number of carbonyl (C=O) groups excluding carboxylic acids is 1. The Morgan fingerprint density at radius 3 is 2.37 bits per heavy atom. The van der Waals surface area contributed by atoms with Gasteiger partial charge in [-0.15, -0.1) is 24.2 Å². The summed E-state index contributed by atoms with van der Waals surface area (Å²) in [5, 5.41) is 3.35. The van der Waals surface area contributed by atoms with Crippen LogP contribution in [0.4, 0.5) is 0 Å². The molecule has 4 bridgehead atoms. The van der Waals surface area contributed by atoms with Crippen molar-refractivity contribution in [3.63, 3.8) is 0 Å². The maximum Gasteiger partial charge on any atom is 0.240 e. The van der Waals surface area contributed by atoms with Crippen LogP contribution in [0, 0.1) is 17.8 Å². The molecule has 5 aliphatic rings. The van der Waals surface area contributed by atoms with Crippen LogP contribution in [0.3, 0.4) is 0 Å². The lowest BCUT2D eigenvalue weighted by atomic mass is 9.68. The summed E-state index contributed by atoms with van der Waals surface area (Å²) >= 11 is 1.86. The molecule has 19 heavy (non-hydrogen) atoms. The highest BCUT2D eigenvalue weighted by Crippen LogP contribution is 2.47. The lowest BCUT2D eigenvalue weighted by Gasteiger charge is -2.39. The van der Waals surface area contributed by atoms with Crippen LogP contribution in [0.25, 0.3) is 0 Å². The van der Waals surface area contributed by atoms with E-state index in [4.69, 9.17) is 0 Å². The number of carbonyl (C=O) groups is 1. The third kappa shape index (κ3) is 2.52. The van der Waals surface area contributed by atoms with E-state index in [1.54, 1.807) is 0 Å². The van der Waals surface area contributed by atoms with Crippen molar-refractivity contribution < 1.29 is 4.79 Å². The van der Waals surface area contributed by atoms with Crippen LogP contribution in [-0.2, 0) is 4.79 Å². The number of thioether (sulfide) groups is 1. The van der Waals surface area contributed by atoms with E-state index in [2.05, 4.69) is 10.2 Å². The Kier molecular flexibility index (Phi) is 4.03. The van der Waals surface area contributed by atoms with Gasteiger partial charge in [0.05, 0.1) is 6.04 Å². The second-order valence-electron chi connectivity index (χ2n) is 6.69. The van der Waals surface area contributed by atoms with Gasteiger partial charge in [-0.25, -0.2) is 0 Å². The highest BCUT2D eigenvalue weighted by molar-refractivity contribution is 7.99. The second-order valence-corrected chi connectivity index (χ2v) is 7.72. The molecule has 108 valence electrons. The number of nitrogens with one attached hydrogen (secondary N) is 1. The molecule has 1 N–H and O–H groups in total. The zero-order chi connectivity index (χ0) is 12.1. The molecular formula is C14H23ClN2OS. The van der Waals surface area contributed by atoms with Gasteiger partial charge in [0.2, 0.25) is 5.91 Å². The van der Waals surface area contributed by atoms with E-state index >= 15 is 0 Å². The van der Waals surface area contributed by atoms with Crippen LogP contribution >= 0.6 is 24.2 Å². The van der Waals surface area contributed by atoms with Crippen molar-refractivity contribution >= 4 is 30.1 Å². The van der Waals surface area contributed by atoms with E-state index in [1.807, 2.05) is 11.8 Å². The molecule has 2 aliphatic carbocycles. The number of halogens is 1. The highest BCUT2D eigenvalue weighted by Gasteiger charge is 2.45. The Balaban J connectivity index is 0.00000110. The molecule has 0 aromatic rings. The smallest absolute Gasteiger partial charge is 0.240 e. The van der Waals surface area contributed by atoms with Crippen molar-refractivity contribution in [2.45, 2.75) is 44.2 Å². The van der Waals surface area contributed by atoms with Crippen molar-refractivity contribution in [2.75, 3.05) is 18.2 Å². The molecule has 0 aromatic heterocycles. The SMILES string of the molecule is Cl.O=C(C1CSCN1)N1CC2CC3CC(C2)CC1C3. The average Bonchev–Trinajstić information content (AvgIpc) is 2.80. The van der Waals surface area contributed by atoms with Gasteiger partial charge in [-0.05, 0) is 49.9 Å². The van der Waals surface area contributed by atoms with Crippen molar-refractivity contribution in [3.05, 3.63) is 0 Å². The van der Waals surface area contributed by atoms with Crippen LogP contribution in [0.5, 0.6) is 0 Å². The van der Waals surface area contributed by atoms with Crippen LogP contribution in [-0.4, -0.2) is 41.1 Å². The molecule has 0 spiro atoms. The number of hydrogen-bond donors (Lipinski definition) is 1. The third-order valence-corrected chi connectivity index (χ3v) is 6.34. The second kappa shape index (κ2) is 5.45. The van der Waals surface area contributed by atoms with Gasteiger partial charge < -0.3 is 4.90 Å². The first-order chi connectivity index (χ1) is 8.79. The first kappa shape index (κ1) is 14.0. The maximum atomic E-state index is 12.7. The minimum atomic E-state index is 0. The van der Waals surface area contributed by atoms with E-state index in [-0.39, 0.29) is 18.4 Å². The molecular weight excluding hydrogens is 280 g/mol. The molecule has 0 radical (unpaired) electrons. The fraction of sp³-hybridized carbons (Fsp3) is 0.929. The monoisotopic (exact) mass is 302 g/mol. The van der Waals surface area contributed by atoms with Gasteiger partial charge in [-0.1, -0.05) is 0 Å². The van der Waals surface area contributed by atoms with Crippen molar-refractivity contribution in [1.82, 2.24) is 10.2 Å². The van der Waals surface area contributed by atoms with Gasteiger partial charge in [0.15, 0.2) is 0 Å². The third-order valence-electron chi connectivity index (χ3n) is 5.40. The van der Waals surface area contributed by atoms with E-state index in [0.29, 0.717) is 11.9 Å². The predicted octanol–water partition coefficient (Wildman–Crippen LogP) is 2.11. The minimum absolute atomic E-state index is 0. The predicted molar refractivity (Wildman–Crippen MR) is 80.6 cm³/mol. The Bertz CT molecular complexity index is 347. The molecule has 3 unspecified atom stereocenters. The summed E-state index contributed by atoms with van der Waals surface area (Å²) in [6, 6.07) is 0.673. The van der Waals surface area contributed by atoms with Gasteiger partial charge in [0.1, 0.15) is 0 Å². The Morgan fingerprint density at radius 2 is 1.74 bits per heavy atom. The van der Waals surface area contributed by atoms with Gasteiger partial charge in [-0.3, -0.25) is 10.1 Å². The molecule has 5 fully saturated rings. The highest BCUT2D eigenvalue weighted by atomic mass is 35.5. The molecule has 1 amide bonds. The zero-order valence-electron chi connectivity index (χ0n) is 11.2. The number of hydrogen-bond acceptors (Lipinski definition) is 3. The van der Waals surface area contributed by atoms with Crippen molar-refractivity contribution in [2.24, 2.45) is 17.8 Å². The van der Waals surface area contributed by atoms with Crippen molar-refractivity contribution in [3.8, 4) is 0 Å². The summed E-state index contributed by atoms with van der Waals surface area (Å²) in [5.74, 6) is 4.98. The van der Waals surface area contributed by atoms with Crippen LogP contribution in [0.1, 0.15) is 32.1 Å². The fourth-order valence-corrected chi connectivity index (χ4v) is 5.74. The normalized spacial score (nSPS) is 44.0. The van der Waals surface area contributed by atoms with Gasteiger partial charge in [0, 0.05) is 24.2 Å². The molecule has 3 saturated heterocycles. The number of amides is 1. The standard InChI is InChI=1S/C14H22N2OS.ClH/c17-14(13-7-18-8-15-13)16-6-11-2-9-1-10(3-11)5-12(16)4-9;/h9-13,15H,1-8H2;1H. The average molecular weight is 303 g/mol. The molecule has 0 aromatic carbocycles.